The van der Waals surface area contributed by atoms with Crippen molar-refractivity contribution in [2.24, 2.45) is 0 Å². The number of methoxy groups -OCH3 is 2. The molecule has 1 heterocycles. The minimum Gasteiger partial charge on any atom is -0.497 e. The van der Waals surface area contributed by atoms with Crippen molar-refractivity contribution in [3.05, 3.63) is 30.1 Å². The van der Waals surface area contributed by atoms with E-state index in [4.69, 9.17) is 9.47 Å². The number of nitrogens with one attached hydrogen (secondary N) is 1. The highest BCUT2D eigenvalue weighted by molar-refractivity contribution is 5.74. The molecule has 0 aliphatic rings. The number of benzene rings is 1. The van der Waals surface area contributed by atoms with Crippen LogP contribution in [0.3, 0.4) is 0 Å². The molecule has 21 heavy (non-hydrogen) atoms. The number of rotatable bonds is 6. The van der Waals surface area contributed by atoms with Crippen molar-refractivity contribution in [1.82, 2.24) is 9.97 Å². The molecule has 1 aromatic heterocycles. The number of aromatic nitrogens is 2. The first-order valence-corrected chi connectivity index (χ1v) is 7.05. The summed E-state index contributed by atoms with van der Waals surface area (Å²) in [6, 6.07) is 5.71. The van der Waals surface area contributed by atoms with Crippen LogP contribution >= 0.6 is 0 Å². The first kappa shape index (κ1) is 15.1. The zero-order valence-corrected chi connectivity index (χ0v) is 12.9. The Morgan fingerprint density at radius 2 is 1.90 bits per heavy atom. The van der Waals surface area contributed by atoms with Crippen LogP contribution in [-0.4, -0.2) is 30.7 Å². The van der Waals surface area contributed by atoms with Gasteiger partial charge in [-0.25, -0.2) is 9.97 Å². The largest absolute Gasteiger partial charge is 0.497 e. The summed E-state index contributed by atoms with van der Waals surface area (Å²) in [6.07, 6.45) is 2.41. The summed E-state index contributed by atoms with van der Waals surface area (Å²) in [5.41, 5.74) is 2.86. The molecular weight excluding hydrogens is 266 g/mol. The fourth-order valence-corrected chi connectivity index (χ4v) is 2.30. The van der Waals surface area contributed by atoms with Gasteiger partial charge in [-0.3, -0.25) is 0 Å². The summed E-state index contributed by atoms with van der Waals surface area (Å²) in [5, 5.41) is 3.28. The fraction of sp³-hybridized carbons (Fsp3) is 0.375. The van der Waals surface area contributed by atoms with Crippen molar-refractivity contribution in [2.75, 3.05) is 26.1 Å². The van der Waals surface area contributed by atoms with E-state index in [0.29, 0.717) is 0 Å². The molecule has 5 nitrogen and oxygen atoms in total. The van der Waals surface area contributed by atoms with Crippen molar-refractivity contribution >= 4 is 5.82 Å². The Morgan fingerprint density at radius 3 is 2.52 bits per heavy atom. The summed E-state index contributed by atoms with van der Waals surface area (Å²) in [6.45, 7) is 4.96. The van der Waals surface area contributed by atoms with E-state index in [-0.39, 0.29) is 0 Å². The van der Waals surface area contributed by atoms with Crippen molar-refractivity contribution in [1.29, 1.82) is 0 Å². The summed E-state index contributed by atoms with van der Waals surface area (Å²) in [7, 11) is 3.31. The number of ether oxygens (including phenoxy) is 2. The smallest absolute Gasteiger partial charge is 0.133 e. The molecule has 0 fully saturated rings. The van der Waals surface area contributed by atoms with E-state index in [1.165, 1.54) is 0 Å². The van der Waals surface area contributed by atoms with Gasteiger partial charge in [0.2, 0.25) is 0 Å². The van der Waals surface area contributed by atoms with Gasteiger partial charge in [0, 0.05) is 17.7 Å². The summed E-state index contributed by atoms with van der Waals surface area (Å²) >= 11 is 0. The zero-order chi connectivity index (χ0) is 15.2. The average molecular weight is 287 g/mol. The Balaban J connectivity index is 2.62. The standard InChI is InChI=1S/C16H21N3O2/c1-5-12-15(18-10-19-16(12)17-6-2)13-9-11(20-3)7-8-14(13)21-4/h7-10H,5-6H2,1-4H3,(H,17,18,19). The highest BCUT2D eigenvalue weighted by atomic mass is 16.5. The Hall–Kier alpha value is -2.30. The third kappa shape index (κ3) is 3.07. The van der Waals surface area contributed by atoms with Gasteiger partial charge in [-0.15, -0.1) is 0 Å². The molecule has 0 aliphatic carbocycles. The van der Waals surface area contributed by atoms with Gasteiger partial charge in [-0.05, 0) is 31.5 Å². The number of hydrogen-bond acceptors (Lipinski definition) is 5. The number of nitrogens with zero attached hydrogens (tertiary/aromatic N) is 2. The van der Waals surface area contributed by atoms with Crippen molar-refractivity contribution in [3.63, 3.8) is 0 Å². The van der Waals surface area contributed by atoms with Crippen LogP contribution in [0, 0.1) is 0 Å². The average Bonchev–Trinajstić information content (AvgIpc) is 2.54. The van der Waals surface area contributed by atoms with Crippen molar-refractivity contribution in [2.45, 2.75) is 20.3 Å². The normalized spacial score (nSPS) is 10.3. The Labute approximate surface area is 125 Å². The maximum Gasteiger partial charge on any atom is 0.133 e. The maximum absolute atomic E-state index is 5.46. The van der Waals surface area contributed by atoms with Gasteiger partial charge in [-0.2, -0.15) is 0 Å². The third-order valence-electron chi connectivity index (χ3n) is 3.30. The quantitative estimate of drug-likeness (QED) is 0.884. The molecule has 0 spiro atoms. The zero-order valence-electron chi connectivity index (χ0n) is 12.9. The maximum atomic E-state index is 5.46. The molecule has 0 atom stereocenters. The van der Waals surface area contributed by atoms with Gasteiger partial charge in [0.25, 0.3) is 0 Å². The Morgan fingerprint density at radius 1 is 1.10 bits per heavy atom. The summed E-state index contributed by atoms with van der Waals surface area (Å²) in [5.74, 6) is 2.41. The van der Waals surface area contributed by atoms with Gasteiger partial charge in [0.05, 0.1) is 19.9 Å². The van der Waals surface area contributed by atoms with E-state index in [2.05, 4.69) is 22.2 Å². The topological polar surface area (TPSA) is 56.3 Å². The SMILES string of the molecule is CCNc1ncnc(-c2cc(OC)ccc2OC)c1CC. The van der Waals surface area contributed by atoms with E-state index < -0.39 is 0 Å². The predicted octanol–water partition coefficient (Wildman–Crippen LogP) is 3.16. The molecular formula is C16H21N3O2. The third-order valence-corrected chi connectivity index (χ3v) is 3.30. The summed E-state index contributed by atoms with van der Waals surface area (Å²) < 4.78 is 10.8. The van der Waals surface area contributed by atoms with Gasteiger partial charge in [0.15, 0.2) is 0 Å². The fourth-order valence-electron chi connectivity index (χ4n) is 2.30. The van der Waals surface area contributed by atoms with Crippen LogP contribution in [0.15, 0.2) is 24.5 Å². The molecule has 0 bridgehead atoms. The van der Waals surface area contributed by atoms with Crippen molar-refractivity contribution in [3.8, 4) is 22.8 Å². The highest BCUT2D eigenvalue weighted by Gasteiger charge is 2.15. The molecule has 1 aromatic carbocycles. The van der Waals surface area contributed by atoms with Crippen LogP contribution < -0.4 is 14.8 Å². The van der Waals surface area contributed by atoms with Crippen LogP contribution in [0.25, 0.3) is 11.3 Å². The molecule has 5 heteroatoms. The Kier molecular flexibility index (Phi) is 4.98. The summed E-state index contributed by atoms with van der Waals surface area (Å²) in [4.78, 5) is 8.79. The van der Waals surface area contributed by atoms with Crippen molar-refractivity contribution < 1.29 is 9.47 Å². The first-order valence-electron chi connectivity index (χ1n) is 7.05. The predicted molar refractivity (Wildman–Crippen MR) is 84.1 cm³/mol. The molecule has 0 amide bonds. The lowest BCUT2D eigenvalue weighted by Gasteiger charge is -2.15. The molecule has 1 N–H and O–H groups in total. The van der Waals surface area contributed by atoms with Gasteiger partial charge < -0.3 is 14.8 Å². The lowest BCUT2D eigenvalue weighted by molar-refractivity contribution is 0.404. The van der Waals surface area contributed by atoms with E-state index >= 15 is 0 Å². The highest BCUT2D eigenvalue weighted by Crippen LogP contribution is 2.35. The van der Waals surface area contributed by atoms with Crippen LogP contribution in [0.2, 0.25) is 0 Å². The van der Waals surface area contributed by atoms with E-state index in [0.717, 1.165) is 47.1 Å². The number of anilines is 1. The monoisotopic (exact) mass is 287 g/mol. The molecule has 0 unspecified atom stereocenters. The Bertz CT molecular complexity index is 614. The lowest BCUT2D eigenvalue weighted by atomic mass is 10.0. The molecule has 0 aliphatic heterocycles. The lowest BCUT2D eigenvalue weighted by Crippen LogP contribution is -2.06. The number of hydrogen-bond donors (Lipinski definition) is 1. The van der Waals surface area contributed by atoms with Gasteiger partial charge >= 0.3 is 0 Å². The second kappa shape index (κ2) is 6.92. The molecule has 0 saturated heterocycles. The van der Waals surface area contributed by atoms with Gasteiger partial charge in [0.1, 0.15) is 23.6 Å². The van der Waals surface area contributed by atoms with Crippen LogP contribution in [0.5, 0.6) is 11.5 Å². The van der Waals surface area contributed by atoms with Crippen LogP contribution in [-0.2, 0) is 6.42 Å². The van der Waals surface area contributed by atoms with Crippen LogP contribution in [0.4, 0.5) is 5.82 Å². The van der Waals surface area contributed by atoms with E-state index in [1.807, 2.05) is 25.1 Å². The van der Waals surface area contributed by atoms with E-state index in [1.54, 1.807) is 20.5 Å². The molecule has 0 radical (unpaired) electrons. The molecule has 0 saturated carbocycles. The minimum absolute atomic E-state index is 0.770. The first-order chi connectivity index (χ1) is 10.2. The second-order valence-electron chi connectivity index (χ2n) is 4.50. The molecule has 2 rings (SSSR count). The van der Waals surface area contributed by atoms with Gasteiger partial charge in [-0.1, -0.05) is 6.92 Å². The molecule has 112 valence electrons. The van der Waals surface area contributed by atoms with Crippen LogP contribution in [0.1, 0.15) is 19.4 Å². The molecule has 2 aromatic rings. The second-order valence-corrected chi connectivity index (χ2v) is 4.50. The van der Waals surface area contributed by atoms with E-state index in [9.17, 15) is 0 Å². The minimum atomic E-state index is 0.770.